The summed E-state index contributed by atoms with van der Waals surface area (Å²) in [4.78, 5) is 17.0. The molecule has 3 aromatic heterocycles. The van der Waals surface area contributed by atoms with Crippen LogP contribution in [0.3, 0.4) is 0 Å². The number of pyridine rings is 1. The van der Waals surface area contributed by atoms with E-state index in [0.717, 1.165) is 11.5 Å². The van der Waals surface area contributed by atoms with Gasteiger partial charge in [-0.2, -0.15) is 15.0 Å². The lowest BCUT2D eigenvalue weighted by atomic mass is 10.3. The van der Waals surface area contributed by atoms with Crippen LogP contribution in [-0.4, -0.2) is 26.5 Å². The Bertz CT molecular complexity index is 749. The van der Waals surface area contributed by atoms with Gasteiger partial charge in [-0.05, 0) is 31.2 Å². The van der Waals surface area contributed by atoms with E-state index in [4.69, 9.17) is 9.15 Å². The van der Waals surface area contributed by atoms with Crippen molar-refractivity contribution in [3.63, 3.8) is 0 Å². The number of nitrogens with one attached hydrogen (secondary N) is 2. The Morgan fingerprint density at radius 1 is 1.00 bits per heavy atom. The molecule has 24 heavy (non-hydrogen) atoms. The number of hydrogen-bond acceptors (Lipinski definition) is 8. The summed E-state index contributed by atoms with van der Waals surface area (Å²) in [5.74, 6) is 1.62. The van der Waals surface area contributed by atoms with Crippen LogP contribution in [0.4, 0.5) is 11.9 Å². The fraction of sp³-hybridized carbons (Fsp3) is 0.250. The smallest absolute Gasteiger partial charge is 0.323 e. The first-order chi connectivity index (χ1) is 11.8. The van der Waals surface area contributed by atoms with Crippen LogP contribution in [0, 0.1) is 0 Å². The minimum atomic E-state index is 0.262. The quantitative estimate of drug-likeness (QED) is 0.651. The molecule has 124 valence electrons. The van der Waals surface area contributed by atoms with Gasteiger partial charge in [-0.3, -0.25) is 4.98 Å². The van der Waals surface area contributed by atoms with Crippen molar-refractivity contribution in [3.05, 3.63) is 54.2 Å². The Morgan fingerprint density at radius 3 is 2.50 bits per heavy atom. The van der Waals surface area contributed by atoms with Crippen molar-refractivity contribution in [2.75, 3.05) is 17.2 Å². The van der Waals surface area contributed by atoms with Gasteiger partial charge in [0.2, 0.25) is 11.9 Å². The lowest BCUT2D eigenvalue weighted by molar-refractivity contribution is 0.312. The molecule has 0 saturated heterocycles. The summed E-state index contributed by atoms with van der Waals surface area (Å²) in [6, 6.07) is 9.69. The van der Waals surface area contributed by atoms with E-state index in [1.807, 2.05) is 37.3 Å². The predicted octanol–water partition coefficient (Wildman–Crippen LogP) is 2.48. The molecule has 0 aliphatic carbocycles. The summed E-state index contributed by atoms with van der Waals surface area (Å²) in [7, 11) is 0. The highest BCUT2D eigenvalue weighted by Crippen LogP contribution is 2.13. The number of anilines is 2. The first-order valence-electron chi connectivity index (χ1n) is 7.62. The normalized spacial score (nSPS) is 10.4. The summed E-state index contributed by atoms with van der Waals surface area (Å²) in [6.45, 7) is 3.33. The molecule has 8 heteroatoms. The Labute approximate surface area is 139 Å². The maximum Gasteiger partial charge on any atom is 0.323 e. The van der Waals surface area contributed by atoms with Gasteiger partial charge < -0.3 is 19.8 Å². The number of furan rings is 1. The molecular weight excluding hydrogens is 308 g/mol. The maximum atomic E-state index is 5.39. The average Bonchev–Trinajstić information content (AvgIpc) is 3.13. The topological polar surface area (TPSA) is 98.0 Å². The number of ether oxygens (including phenoxy) is 1. The summed E-state index contributed by atoms with van der Waals surface area (Å²) in [5, 5.41) is 6.22. The third-order valence-corrected chi connectivity index (χ3v) is 3.04. The van der Waals surface area contributed by atoms with Crippen LogP contribution in [0.25, 0.3) is 0 Å². The van der Waals surface area contributed by atoms with Gasteiger partial charge >= 0.3 is 6.01 Å². The van der Waals surface area contributed by atoms with Gasteiger partial charge in [0.25, 0.3) is 0 Å². The molecule has 0 amide bonds. The van der Waals surface area contributed by atoms with Crippen molar-refractivity contribution in [1.82, 2.24) is 19.9 Å². The van der Waals surface area contributed by atoms with E-state index < -0.39 is 0 Å². The number of hydrogen-bond donors (Lipinski definition) is 2. The lowest BCUT2D eigenvalue weighted by Crippen LogP contribution is -2.11. The predicted molar refractivity (Wildman–Crippen MR) is 88.6 cm³/mol. The van der Waals surface area contributed by atoms with Gasteiger partial charge in [-0.15, -0.1) is 0 Å². The molecule has 2 N–H and O–H groups in total. The molecule has 0 unspecified atom stereocenters. The molecule has 0 spiro atoms. The van der Waals surface area contributed by atoms with Crippen molar-refractivity contribution >= 4 is 11.9 Å². The van der Waals surface area contributed by atoms with E-state index in [9.17, 15) is 0 Å². The molecule has 3 heterocycles. The second-order valence-corrected chi connectivity index (χ2v) is 4.81. The molecule has 8 nitrogen and oxygen atoms in total. The van der Waals surface area contributed by atoms with E-state index in [1.165, 1.54) is 0 Å². The largest absolute Gasteiger partial charge is 0.467 e. The van der Waals surface area contributed by atoms with Crippen LogP contribution in [0.5, 0.6) is 6.01 Å². The van der Waals surface area contributed by atoms with Crippen LogP contribution >= 0.6 is 0 Å². The Hall–Kier alpha value is -3.16. The van der Waals surface area contributed by atoms with Crippen LogP contribution in [0.2, 0.25) is 0 Å². The number of aromatic nitrogens is 4. The maximum absolute atomic E-state index is 5.39. The zero-order valence-corrected chi connectivity index (χ0v) is 13.3. The van der Waals surface area contributed by atoms with E-state index in [1.54, 1.807) is 12.5 Å². The second-order valence-electron chi connectivity index (χ2n) is 4.81. The zero-order chi connectivity index (χ0) is 16.6. The minimum absolute atomic E-state index is 0.262. The average molecular weight is 326 g/mol. The highest BCUT2D eigenvalue weighted by molar-refractivity contribution is 5.36. The van der Waals surface area contributed by atoms with E-state index >= 15 is 0 Å². The lowest BCUT2D eigenvalue weighted by Gasteiger charge is -2.09. The van der Waals surface area contributed by atoms with Crippen LogP contribution < -0.4 is 15.4 Å². The molecule has 3 rings (SSSR count). The SMILES string of the molecule is CCOc1nc(NCc2ccccn2)nc(NCc2ccco2)n1. The Balaban J connectivity index is 1.69. The fourth-order valence-corrected chi connectivity index (χ4v) is 1.96. The van der Waals surface area contributed by atoms with Gasteiger partial charge in [0.05, 0.1) is 31.7 Å². The number of rotatable bonds is 8. The van der Waals surface area contributed by atoms with Gasteiger partial charge in [-0.1, -0.05) is 6.07 Å². The summed E-state index contributed by atoms with van der Waals surface area (Å²) < 4.78 is 10.7. The number of nitrogens with zero attached hydrogens (tertiary/aromatic N) is 4. The van der Waals surface area contributed by atoms with Crippen molar-refractivity contribution < 1.29 is 9.15 Å². The highest BCUT2D eigenvalue weighted by Gasteiger charge is 2.08. The van der Waals surface area contributed by atoms with E-state index in [2.05, 4.69) is 30.6 Å². The molecule has 0 atom stereocenters. The van der Waals surface area contributed by atoms with Gasteiger partial charge in [0.1, 0.15) is 5.76 Å². The van der Waals surface area contributed by atoms with E-state index in [0.29, 0.717) is 31.6 Å². The van der Waals surface area contributed by atoms with Crippen molar-refractivity contribution in [2.45, 2.75) is 20.0 Å². The second kappa shape index (κ2) is 7.91. The van der Waals surface area contributed by atoms with Crippen LogP contribution in [0.15, 0.2) is 47.2 Å². The Morgan fingerprint density at radius 2 is 1.83 bits per heavy atom. The monoisotopic (exact) mass is 326 g/mol. The third kappa shape index (κ3) is 4.42. The van der Waals surface area contributed by atoms with Gasteiger partial charge in [0, 0.05) is 6.20 Å². The first kappa shape index (κ1) is 15.7. The molecule has 0 bridgehead atoms. The van der Waals surface area contributed by atoms with Crippen molar-refractivity contribution in [1.29, 1.82) is 0 Å². The molecular formula is C16H18N6O2. The fourth-order valence-electron chi connectivity index (χ4n) is 1.96. The van der Waals surface area contributed by atoms with Crippen molar-refractivity contribution in [2.24, 2.45) is 0 Å². The minimum Gasteiger partial charge on any atom is -0.467 e. The molecule has 3 aromatic rings. The third-order valence-electron chi connectivity index (χ3n) is 3.04. The van der Waals surface area contributed by atoms with Gasteiger partial charge in [0.15, 0.2) is 0 Å². The highest BCUT2D eigenvalue weighted by atomic mass is 16.5. The first-order valence-corrected chi connectivity index (χ1v) is 7.62. The summed E-state index contributed by atoms with van der Waals surface area (Å²) >= 11 is 0. The van der Waals surface area contributed by atoms with E-state index in [-0.39, 0.29) is 6.01 Å². The van der Waals surface area contributed by atoms with Gasteiger partial charge in [-0.25, -0.2) is 0 Å². The molecule has 0 aromatic carbocycles. The molecule has 0 radical (unpaired) electrons. The summed E-state index contributed by atoms with van der Waals surface area (Å²) in [6.07, 6.45) is 3.36. The Kier molecular flexibility index (Phi) is 5.18. The van der Waals surface area contributed by atoms with Crippen LogP contribution in [0.1, 0.15) is 18.4 Å². The summed E-state index contributed by atoms with van der Waals surface area (Å²) in [5.41, 5.74) is 0.890. The van der Waals surface area contributed by atoms with Crippen LogP contribution in [-0.2, 0) is 13.1 Å². The zero-order valence-electron chi connectivity index (χ0n) is 13.3. The molecule has 0 saturated carbocycles. The molecule has 0 aliphatic rings. The van der Waals surface area contributed by atoms with Crippen molar-refractivity contribution in [3.8, 4) is 6.01 Å². The standard InChI is InChI=1S/C16H18N6O2/c1-2-23-16-21-14(18-10-12-6-3-4-8-17-12)20-15(22-16)19-11-13-7-5-9-24-13/h3-9H,2,10-11H2,1H3,(H2,18,19,20,21,22). The molecule has 0 fully saturated rings. The molecule has 0 aliphatic heterocycles.